The van der Waals surface area contributed by atoms with E-state index in [-0.39, 0.29) is 5.41 Å². The van der Waals surface area contributed by atoms with E-state index in [2.05, 4.69) is 86.1 Å². The van der Waals surface area contributed by atoms with Crippen LogP contribution in [0.2, 0.25) is 0 Å². The minimum Gasteiger partial charge on any atom is -0.231 e. The average molecular weight is 348 g/mol. The van der Waals surface area contributed by atoms with Crippen LogP contribution in [0.25, 0.3) is 32.2 Å². The predicted molar refractivity (Wildman–Crippen MR) is 107 cm³/mol. The minimum atomic E-state index is 0.0855. The fourth-order valence-electron chi connectivity index (χ4n) is 3.65. The van der Waals surface area contributed by atoms with E-state index in [1.807, 2.05) is 6.33 Å². The summed E-state index contributed by atoms with van der Waals surface area (Å²) in [6, 6.07) is 13.3. The maximum absolute atomic E-state index is 4.56. The van der Waals surface area contributed by atoms with E-state index >= 15 is 0 Å². The first-order valence-electron chi connectivity index (χ1n) is 8.63. The molecule has 4 aromatic rings. The summed E-state index contributed by atoms with van der Waals surface area (Å²) >= 11 is 1.77. The molecule has 0 aliphatic rings. The lowest BCUT2D eigenvalue weighted by Gasteiger charge is -2.24. The molecule has 0 aliphatic carbocycles. The van der Waals surface area contributed by atoms with Crippen molar-refractivity contribution in [3.05, 3.63) is 59.2 Å². The number of benzene rings is 2. The van der Waals surface area contributed by atoms with Crippen LogP contribution >= 0.6 is 11.3 Å². The molecule has 0 radical (unpaired) electrons. The highest BCUT2D eigenvalue weighted by Gasteiger charge is 2.24. The summed E-state index contributed by atoms with van der Waals surface area (Å²) in [5.41, 5.74) is 6.45. The molecule has 0 N–H and O–H groups in total. The first-order chi connectivity index (χ1) is 11.9. The first kappa shape index (κ1) is 16.2. The van der Waals surface area contributed by atoms with Crippen LogP contribution in [0.1, 0.15) is 31.9 Å². The number of rotatable bonds is 1. The topological polar surface area (TPSA) is 16.8 Å². The van der Waals surface area contributed by atoms with E-state index in [1.165, 1.54) is 37.9 Å². The van der Waals surface area contributed by atoms with Crippen LogP contribution in [0, 0.1) is 6.92 Å². The molecule has 126 valence electrons. The van der Waals surface area contributed by atoms with Gasteiger partial charge in [0.2, 0.25) is 0 Å². The third-order valence-electron chi connectivity index (χ3n) is 4.96. The molecular weight excluding hydrogens is 324 g/mol. The third kappa shape index (κ3) is 2.54. The molecule has 0 amide bonds. The molecule has 2 heterocycles. The van der Waals surface area contributed by atoms with Gasteiger partial charge in [-0.3, -0.25) is 0 Å². The van der Waals surface area contributed by atoms with Crippen molar-refractivity contribution in [3.63, 3.8) is 0 Å². The maximum atomic E-state index is 4.56. The van der Waals surface area contributed by atoms with Gasteiger partial charge < -0.3 is 0 Å². The number of aromatic nitrogens is 2. The highest BCUT2D eigenvalue weighted by Crippen LogP contribution is 2.39. The van der Waals surface area contributed by atoms with Gasteiger partial charge in [-0.1, -0.05) is 45.0 Å². The number of hydrogen-bond acceptors (Lipinski definition) is 2. The van der Waals surface area contributed by atoms with Crippen molar-refractivity contribution in [3.8, 4) is 11.3 Å². The first-order valence-corrected chi connectivity index (χ1v) is 9.51. The van der Waals surface area contributed by atoms with Gasteiger partial charge in [-0.05, 0) is 50.7 Å². The van der Waals surface area contributed by atoms with Crippen LogP contribution in [0.3, 0.4) is 0 Å². The second-order valence-corrected chi connectivity index (χ2v) is 8.65. The second-order valence-electron chi connectivity index (χ2n) is 7.73. The molecular formula is C22H23N2S+. The Balaban J connectivity index is 2.17. The van der Waals surface area contributed by atoms with Gasteiger partial charge in [0.05, 0.1) is 7.05 Å². The monoisotopic (exact) mass is 347 g/mol. The zero-order valence-electron chi connectivity index (χ0n) is 15.4. The van der Waals surface area contributed by atoms with Gasteiger partial charge in [-0.25, -0.2) is 4.57 Å². The van der Waals surface area contributed by atoms with Gasteiger partial charge in [-0.2, -0.15) is 0 Å². The van der Waals surface area contributed by atoms with Gasteiger partial charge in [0.25, 0.3) is 6.33 Å². The molecule has 3 heteroatoms. The van der Waals surface area contributed by atoms with Crippen LogP contribution in [0.4, 0.5) is 0 Å². The van der Waals surface area contributed by atoms with Crippen molar-refractivity contribution in [1.29, 1.82) is 0 Å². The Bertz CT molecular complexity index is 1100. The normalized spacial score (nSPS) is 12.2. The highest BCUT2D eigenvalue weighted by atomic mass is 32.1. The Morgan fingerprint density at radius 2 is 1.76 bits per heavy atom. The standard InChI is InChI=1S/C22H23N2S/c1-14-15-8-6-7-9-16(15)18(22(2,3)4)12-17(14)20-21-19(10-11-25-21)23-13-24(20)5/h6-13H,1-5H3/q+1. The van der Waals surface area contributed by atoms with Crippen LogP contribution in [-0.2, 0) is 12.5 Å². The average Bonchev–Trinajstić information content (AvgIpc) is 3.03. The van der Waals surface area contributed by atoms with E-state index in [1.54, 1.807) is 11.3 Å². The highest BCUT2D eigenvalue weighted by molar-refractivity contribution is 7.17. The van der Waals surface area contributed by atoms with Gasteiger partial charge >= 0.3 is 0 Å². The third-order valence-corrected chi connectivity index (χ3v) is 5.87. The van der Waals surface area contributed by atoms with Crippen molar-refractivity contribution in [2.75, 3.05) is 0 Å². The van der Waals surface area contributed by atoms with Crippen LogP contribution in [-0.4, -0.2) is 4.98 Å². The number of aryl methyl sites for hydroxylation is 2. The molecule has 0 atom stereocenters. The molecule has 2 nitrogen and oxygen atoms in total. The van der Waals surface area contributed by atoms with Crippen molar-refractivity contribution in [1.82, 2.24) is 4.98 Å². The summed E-state index contributed by atoms with van der Waals surface area (Å²) in [4.78, 5) is 4.56. The van der Waals surface area contributed by atoms with E-state index in [0.29, 0.717) is 0 Å². The molecule has 0 unspecified atom stereocenters. The largest absolute Gasteiger partial charge is 0.287 e. The van der Waals surface area contributed by atoms with Gasteiger partial charge in [0.15, 0.2) is 11.2 Å². The smallest absolute Gasteiger partial charge is 0.231 e. The van der Waals surface area contributed by atoms with Crippen molar-refractivity contribution in [2.24, 2.45) is 7.05 Å². The Morgan fingerprint density at radius 3 is 2.48 bits per heavy atom. The molecule has 0 saturated carbocycles. The Labute approximate surface area is 152 Å². The zero-order chi connectivity index (χ0) is 17.8. The number of thiophene rings is 1. The Kier molecular flexibility index (Phi) is 3.66. The summed E-state index contributed by atoms with van der Waals surface area (Å²) in [7, 11) is 2.09. The summed E-state index contributed by atoms with van der Waals surface area (Å²) in [6.07, 6.45) is 1.93. The number of fused-ring (bicyclic) bond motifs is 2. The fourth-order valence-corrected chi connectivity index (χ4v) is 4.59. The summed E-state index contributed by atoms with van der Waals surface area (Å²) in [6.45, 7) is 9.12. The molecule has 0 fully saturated rings. The van der Waals surface area contributed by atoms with Crippen LogP contribution in [0.5, 0.6) is 0 Å². The van der Waals surface area contributed by atoms with Gasteiger partial charge in [-0.15, -0.1) is 11.3 Å². The summed E-state index contributed by atoms with van der Waals surface area (Å²) < 4.78 is 3.41. The molecule has 0 aliphatic heterocycles. The van der Waals surface area contributed by atoms with E-state index in [0.717, 1.165) is 5.52 Å². The number of hydrogen-bond donors (Lipinski definition) is 0. The molecule has 25 heavy (non-hydrogen) atoms. The minimum absolute atomic E-state index is 0.0855. The van der Waals surface area contributed by atoms with Crippen molar-refractivity contribution in [2.45, 2.75) is 33.1 Å². The molecule has 2 aromatic carbocycles. The van der Waals surface area contributed by atoms with Gasteiger partial charge in [0, 0.05) is 11.6 Å². The van der Waals surface area contributed by atoms with Crippen LogP contribution < -0.4 is 4.57 Å². The Hall–Kier alpha value is -2.26. The number of nitrogens with zero attached hydrogens (tertiary/aromatic N) is 2. The lowest BCUT2D eigenvalue weighted by atomic mass is 9.80. The van der Waals surface area contributed by atoms with Crippen molar-refractivity contribution >= 4 is 32.3 Å². The van der Waals surface area contributed by atoms with E-state index < -0.39 is 0 Å². The van der Waals surface area contributed by atoms with E-state index in [9.17, 15) is 0 Å². The molecule has 0 bridgehead atoms. The maximum Gasteiger partial charge on any atom is 0.287 e. The van der Waals surface area contributed by atoms with E-state index in [4.69, 9.17) is 0 Å². The molecule has 0 spiro atoms. The van der Waals surface area contributed by atoms with Crippen LogP contribution in [0.15, 0.2) is 48.1 Å². The lowest BCUT2D eigenvalue weighted by molar-refractivity contribution is -0.662. The SMILES string of the molecule is Cc1c(-c2c3sccc3nc[n+]2C)cc(C(C)(C)C)c2ccccc12. The molecule has 0 saturated heterocycles. The molecule has 2 aromatic heterocycles. The van der Waals surface area contributed by atoms with Gasteiger partial charge in [0.1, 0.15) is 4.70 Å². The fraction of sp³-hybridized carbons (Fsp3) is 0.273. The zero-order valence-corrected chi connectivity index (χ0v) is 16.2. The Morgan fingerprint density at radius 1 is 1.04 bits per heavy atom. The quantitative estimate of drug-likeness (QED) is 0.413. The second kappa shape index (κ2) is 5.63. The predicted octanol–water partition coefficient (Wildman–Crippen LogP) is 5.55. The van der Waals surface area contributed by atoms with Crippen molar-refractivity contribution < 1.29 is 4.57 Å². The molecule has 4 rings (SSSR count). The lowest BCUT2D eigenvalue weighted by Crippen LogP contribution is -2.31. The summed E-state index contributed by atoms with van der Waals surface area (Å²) in [5.74, 6) is 0. The summed E-state index contributed by atoms with van der Waals surface area (Å²) in [5, 5.41) is 4.82.